The van der Waals surface area contributed by atoms with E-state index in [4.69, 9.17) is 9.47 Å². The van der Waals surface area contributed by atoms with E-state index in [2.05, 4.69) is 22.3 Å². The summed E-state index contributed by atoms with van der Waals surface area (Å²) in [5.41, 5.74) is 1.27. The summed E-state index contributed by atoms with van der Waals surface area (Å²) in [7, 11) is 3.41. The smallest absolute Gasteiger partial charge is 0.122 e. The molecule has 5 heteroatoms. The predicted molar refractivity (Wildman–Crippen MR) is 86.6 cm³/mol. The quantitative estimate of drug-likeness (QED) is 0.925. The van der Waals surface area contributed by atoms with Gasteiger partial charge in [0.05, 0.1) is 14.2 Å². The van der Waals surface area contributed by atoms with Crippen LogP contribution >= 0.6 is 12.4 Å². The lowest BCUT2D eigenvalue weighted by Crippen LogP contribution is -2.43. The van der Waals surface area contributed by atoms with Crippen molar-refractivity contribution >= 4 is 12.4 Å². The van der Waals surface area contributed by atoms with Gasteiger partial charge in [0.2, 0.25) is 0 Å². The molecule has 118 valence electrons. The van der Waals surface area contributed by atoms with Gasteiger partial charge in [0.15, 0.2) is 0 Å². The molecule has 3 rings (SSSR count). The maximum absolute atomic E-state index is 5.35. The van der Waals surface area contributed by atoms with E-state index in [0.717, 1.165) is 30.0 Å². The molecule has 0 amide bonds. The molecule has 0 bridgehead atoms. The highest BCUT2D eigenvalue weighted by Gasteiger charge is 2.32. The second-order valence-electron chi connectivity index (χ2n) is 5.85. The van der Waals surface area contributed by atoms with Gasteiger partial charge in [-0.05, 0) is 49.5 Å². The minimum Gasteiger partial charge on any atom is -0.497 e. The molecule has 2 unspecified atom stereocenters. The van der Waals surface area contributed by atoms with Gasteiger partial charge in [-0.25, -0.2) is 0 Å². The number of benzene rings is 1. The average molecular weight is 313 g/mol. The van der Waals surface area contributed by atoms with Gasteiger partial charge in [-0.1, -0.05) is 0 Å². The predicted octanol–water partition coefficient (Wildman–Crippen LogP) is 2.31. The zero-order valence-electron chi connectivity index (χ0n) is 12.8. The number of halogens is 1. The Labute approximate surface area is 133 Å². The summed E-state index contributed by atoms with van der Waals surface area (Å²) in [5.74, 6) is 2.57. The number of hydrogen-bond donors (Lipinski definition) is 1. The van der Waals surface area contributed by atoms with Crippen LogP contribution in [0.25, 0.3) is 0 Å². The van der Waals surface area contributed by atoms with Crippen LogP contribution in [0.3, 0.4) is 0 Å². The largest absolute Gasteiger partial charge is 0.497 e. The SMILES string of the molecule is COc1cc(CN2CCC3NCCC3C2)cc(OC)c1.Cl. The van der Waals surface area contributed by atoms with Crippen molar-refractivity contribution in [1.82, 2.24) is 10.2 Å². The fourth-order valence-corrected chi connectivity index (χ4v) is 3.48. The summed E-state index contributed by atoms with van der Waals surface area (Å²) in [4.78, 5) is 2.56. The third kappa shape index (κ3) is 3.82. The Morgan fingerprint density at radius 1 is 1.14 bits per heavy atom. The first-order chi connectivity index (χ1) is 9.78. The molecular formula is C16H25ClN2O2. The molecule has 1 aromatic carbocycles. The molecule has 21 heavy (non-hydrogen) atoms. The van der Waals surface area contributed by atoms with Crippen molar-refractivity contribution < 1.29 is 9.47 Å². The first-order valence-electron chi connectivity index (χ1n) is 7.46. The number of likely N-dealkylation sites (tertiary alicyclic amines) is 1. The first-order valence-corrected chi connectivity index (χ1v) is 7.46. The molecule has 1 N–H and O–H groups in total. The van der Waals surface area contributed by atoms with E-state index in [1.54, 1.807) is 14.2 Å². The van der Waals surface area contributed by atoms with Crippen molar-refractivity contribution in [3.8, 4) is 11.5 Å². The lowest BCUT2D eigenvalue weighted by Gasteiger charge is -2.34. The van der Waals surface area contributed by atoms with E-state index < -0.39 is 0 Å². The summed E-state index contributed by atoms with van der Waals surface area (Å²) in [6.45, 7) is 4.55. The van der Waals surface area contributed by atoms with Crippen LogP contribution in [-0.4, -0.2) is 44.8 Å². The molecule has 1 aromatic rings. The molecule has 0 spiro atoms. The minimum absolute atomic E-state index is 0. The highest BCUT2D eigenvalue weighted by molar-refractivity contribution is 5.85. The Morgan fingerprint density at radius 2 is 1.86 bits per heavy atom. The molecule has 2 aliphatic rings. The van der Waals surface area contributed by atoms with Crippen LogP contribution in [0.15, 0.2) is 18.2 Å². The third-order valence-electron chi connectivity index (χ3n) is 4.56. The summed E-state index contributed by atoms with van der Waals surface area (Å²) in [5, 5.41) is 3.61. The van der Waals surface area contributed by atoms with Crippen LogP contribution in [0.1, 0.15) is 18.4 Å². The maximum Gasteiger partial charge on any atom is 0.122 e. The van der Waals surface area contributed by atoms with Gasteiger partial charge in [0, 0.05) is 25.2 Å². The molecule has 2 aliphatic heterocycles. The highest BCUT2D eigenvalue weighted by Crippen LogP contribution is 2.28. The lowest BCUT2D eigenvalue weighted by atomic mass is 9.93. The lowest BCUT2D eigenvalue weighted by molar-refractivity contribution is 0.155. The molecule has 2 saturated heterocycles. The normalized spacial score (nSPS) is 25.0. The molecule has 0 aliphatic carbocycles. The van der Waals surface area contributed by atoms with Crippen molar-refractivity contribution in [2.24, 2.45) is 5.92 Å². The van der Waals surface area contributed by atoms with E-state index in [9.17, 15) is 0 Å². The van der Waals surface area contributed by atoms with Crippen molar-refractivity contribution in [2.75, 3.05) is 33.9 Å². The Bertz CT molecular complexity index is 447. The van der Waals surface area contributed by atoms with Crippen molar-refractivity contribution in [1.29, 1.82) is 0 Å². The number of ether oxygens (including phenoxy) is 2. The number of fused-ring (bicyclic) bond motifs is 1. The van der Waals surface area contributed by atoms with Crippen LogP contribution in [0.2, 0.25) is 0 Å². The van der Waals surface area contributed by atoms with E-state index in [-0.39, 0.29) is 12.4 Å². The van der Waals surface area contributed by atoms with Crippen molar-refractivity contribution in [3.63, 3.8) is 0 Å². The van der Waals surface area contributed by atoms with Gasteiger partial charge in [-0.15, -0.1) is 12.4 Å². The molecule has 2 fully saturated rings. The standard InChI is InChI=1S/C16H24N2O2.ClH/c1-19-14-7-12(8-15(9-14)20-2)10-18-6-4-16-13(11-18)3-5-17-16;/h7-9,13,16-17H,3-6,10-11H2,1-2H3;1H. The van der Waals surface area contributed by atoms with Gasteiger partial charge in [0.1, 0.15) is 11.5 Å². The Morgan fingerprint density at radius 3 is 2.52 bits per heavy atom. The molecule has 0 saturated carbocycles. The fraction of sp³-hybridized carbons (Fsp3) is 0.625. The van der Waals surface area contributed by atoms with Gasteiger partial charge >= 0.3 is 0 Å². The van der Waals surface area contributed by atoms with Crippen LogP contribution in [0.5, 0.6) is 11.5 Å². The van der Waals surface area contributed by atoms with E-state index in [1.807, 2.05) is 6.07 Å². The number of nitrogens with zero attached hydrogens (tertiary/aromatic N) is 1. The zero-order chi connectivity index (χ0) is 13.9. The zero-order valence-corrected chi connectivity index (χ0v) is 13.6. The number of rotatable bonds is 4. The van der Waals surface area contributed by atoms with Crippen LogP contribution in [0.4, 0.5) is 0 Å². The van der Waals surface area contributed by atoms with Gasteiger partial charge in [-0.2, -0.15) is 0 Å². The Hall–Kier alpha value is -0.970. The van der Waals surface area contributed by atoms with Crippen molar-refractivity contribution in [2.45, 2.75) is 25.4 Å². The Kier molecular flexibility index (Phi) is 5.73. The average Bonchev–Trinajstić information content (AvgIpc) is 2.94. The molecule has 2 atom stereocenters. The second-order valence-corrected chi connectivity index (χ2v) is 5.85. The second kappa shape index (κ2) is 7.34. The molecule has 4 nitrogen and oxygen atoms in total. The topological polar surface area (TPSA) is 33.7 Å². The summed E-state index contributed by atoms with van der Waals surface area (Å²) < 4.78 is 10.7. The fourth-order valence-electron chi connectivity index (χ4n) is 3.48. The van der Waals surface area contributed by atoms with Gasteiger partial charge in [0.25, 0.3) is 0 Å². The van der Waals surface area contributed by atoms with E-state index in [0.29, 0.717) is 0 Å². The monoisotopic (exact) mass is 312 g/mol. The summed E-state index contributed by atoms with van der Waals surface area (Å²) in [6, 6.07) is 6.91. The number of nitrogens with one attached hydrogen (secondary N) is 1. The summed E-state index contributed by atoms with van der Waals surface area (Å²) >= 11 is 0. The van der Waals surface area contributed by atoms with Crippen LogP contribution < -0.4 is 14.8 Å². The number of hydrogen-bond acceptors (Lipinski definition) is 4. The molecular weight excluding hydrogens is 288 g/mol. The first kappa shape index (κ1) is 16.4. The molecule has 2 heterocycles. The number of methoxy groups -OCH3 is 2. The van der Waals surface area contributed by atoms with Gasteiger partial charge in [-0.3, -0.25) is 4.90 Å². The van der Waals surface area contributed by atoms with E-state index in [1.165, 1.54) is 38.0 Å². The van der Waals surface area contributed by atoms with Gasteiger partial charge < -0.3 is 14.8 Å². The molecule has 0 radical (unpaired) electrons. The molecule has 0 aromatic heterocycles. The number of piperidine rings is 1. The van der Waals surface area contributed by atoms with Crippen LogP contribution in [0, 0.1) is 5.92 Å². The summed E-state index contributed by atoms with van der Waals surface area (Å²) in [6.07, 6.45) is 2.59. The highest BCUT2D eigenvalue weighted by atomic mass is 35.5. The maximum atomic E-state index is 5.35. The van der Waals surface area contributed by atoms with Crippen molar-refractivity contribution in [3.05, 3.63) is 23.8 Å². The Balaban J connectivity index is 0.00000161. The minimum atomic E-state index is 0. The van der Waals surface area contributed by atoms with E-state index >= 15 is 0 Å². The van der Waals surface area contributed by atoms with Crippen LogP contribution in [-0.2, 0) is 6.54 Å². The third-order valence-corrected chi connectivity index (χ3v) is 4.56.